The molecule has 2 spiro atoms. The summed E-state index contributed by atoms with van der Waals surface area (Å²) >= 11 is 0. The van der Waals surface area contributed by atoms with Crippen molar-refractivity contribution < 1.29 is 17.6 Å². The Labute approximate surface area is 97.8 Å². The predicted molar refractivity (Wildman–Crippen MR) is 54.1 cm³/mol. The summed E-state index contributed by atoms with van der Waals surface area (Å²) in [6.45, 7) is 0. The van der Waals surface area contributed by atoms with E-state index in [2.05, 4.69) is 0 Å². The van der Waals surface area contributed by atoms with Crippen LogP contribution in [0.1, 0.15) is 44.9 Å². The van der Waals surface area contributed by atoms with Gasteiger partial charge in [0.25, 0.3) is 11.8 Å². The van der Waals surface area contributed by atoms with Gasteiger partial charge < -0.3 is 0 Å². The van der Waals surface area contributed by atoms with E-state index in [9.17, 15) is 17.6 Å². The maximum Gasteiger partial charge on any atom is 0.254 e. The lowest BCUT2D eigenvalue weighted by Gasteiger charge is -2.43. The lowest BCUT2D eigenvalue weighted by atomic mass is 9.61. The summed E-state index contributed by atoms with van der Waals surface area (Å²) < 4.78 is 53.6. The van der Waals surface area contributed by atoms with Gasteiger partial charge in [0, 0.05) is 23.7 Å². The van der Waals surface area contributed by atoms with Gasteiger partial charge in [0.05, 0.1) is 0 Å². The lowest BCUT2D eigenvalue weighted by molar-refractivity contribution is -0.0337. The largest absolute Gasteiger partial charge is 0.254 e. The number of halogens is 4. The van der Waals surface area contributed by atoms with Gasteiger partial charge in [-0.05, 0) is 43.9 Å². The highest BCUT2D eigenvalue weighted by atomic mass is 19.3. The van der Waals surface area contributed by atoms with Crippen molar-refractivity contribution in [2.45, 2.75) is 56.8 Å². The fraction of sp³-hybridized carbons (Fsp3) is 1.00. The Hall–Kier alpha value is -0.280. The molecule has 4 heteroatoms. The molecule has 0 heterocycles. The SMILES string of the molecule is FC1(F)CC12CC1CC(C2)CC2(C1)CC2(F)F. The van der Waals surface area contributed by atoms with Crippen molar-refractivity contribution in [2.75, 3.05) is 0 Å². The third-order valence-electron chi connectivity index (χ3n) is 5.81. The first kappa shape index (κ1) is 10.6. The van der Waals surface area contributed by atoms with Crippen LogP contribution in [0.3, 0.4) is 0 Å². The molecular formula is C13H16F4. The highest BCUT2D eigenvalue weighted by molar-refractivity contribution is 5.19. The molecule has 17 heavy (non-hydrogen) atoms. The van der Waals surface area contributed by atoms with Crippen LogP contribution in [0.5, 0.6) is 0 Å². The first-order valence-electron chi connectivity index (χ1n) is 6.53. The van der Waals surface area contributed by atoms with Crippen molar-refractivity contribution in [2.24, 2.45) is 22.7 Å². The van der Waals surface area contributed by atoms with E-state index < -0.39 is 22.7 Å². The number of alkyl halides is 4. The van der Waals surface area contributed by atoms with Crippen molar-refractivity contribution >= 4 is 0 Å². The highest BCUT2D eigenvalue weighted by Gasteiger charge is 2.77. The molecule has 4 saturated carbocycles. The van der Waals surface area contributed by atoms with Gasteiger partial charge in [0.15, 0.2) is 0 Å². The Morgan fingerprint density at radius 3 is 1.18 bits per heavy atom. The molecule has 4 fully saturated rings. The van der Waals surface area contributed by atoms with Crippen molar-refractivity contribution in [1.82, 2.24) is 0 Å². The molecule has 4 aliphatic carbocycles. The van der Waals surface area contributed by atoms with Gasteiger partial charge in [-0.15, -0.1) is 0 Å². The van der Waals surface area contributed by atoms with Crippen LogP contribution >= 0.6 is 0 Å². The van der Waals surface area contributed by atoms with Crippen LogP contribution in [0.4, 0.5) is 17.6 Å². The molecule has 0 atom stereocenters. The van der Waals surface area contributed by atoms with Gasteiger partial charge in [0.2, 0.25) is 0 Å². The molecule has 0 radical (unpaired) electrons. The third-order valence-corrected chi connectivity index (χ3v) is 5.81. The van der Waals surface area contributed by atoms with E-state index in [-0.39, 0.29) is 24.7 Å². The summed E-state index contributed by atoms with van der Waals surface area (Å²) in [4.78, 5) is 0. The fourth-order valence-electron chi connectivity index (χ4n) is 4.97. The Kier molecular flexibility index (Phi) is 1.58. The van der Waals surface area contributed by atoms with Crippen LogP contribution in [0, 0.1) is 22.7 Å². The van der Waals surface area contributed by atoms with Gasteiger partial charge in [-0.2, -0.15) is 0 Å². The van der Waals surface area contributed by atoms with Crippen LogP contribution in [-0.4, -0.2) is 11.8 Å². The minimum absolute atomic E-state index is 0.0103. The lowest BCUT2D eigenvalue weighted by Crippen LogP contribution is -2.36. The molecule has 96 valence electrons. The van der Waals surface area contributed by atoms with Crippen LogP contribution in [0.25, 0.3) is 0 Å². The molecule has 4 aliphatic rings. The number of fused-ring (bicyclic) bond motifs is 2. The number of rotatable bonds is 0. The van der Waals surface area contributed by atoms with Gasteiger partial charge in [-0.3, -0.25) is 0 Å². The Balaban J connectivity index is 1.57. The molecule has 0 nitrogen and oxygen atoms in total. The van der Waals surface area contributed by atoms with E-state index in [1.165, 1.54) is 0 Å². The van der Waals surface area contributed by atoms with Crippen molar-refractivity contribution in [1.29, 1.82) is 0 Å². The average Bonchev–Trinajstić information content (AvgIpc) is 2.81. The van der Waals surface area contributed by atoms with Gasteiger partial charge >= 0.3 is 0 Å². The smallest absolute Gasteiger partial charge is 0.206 e. The monoisotopic (exact) mass is 248 g/mol. The molecule has 0 aromatic heterocycles. The van der Waals surface area contributed by atoms with Crippen LogP contribution in [-0.2, 0) is 0 Å². The molecule has 2 bridgehead atoms. The minimum atomic E-state index is -2.50. The fourth-order valence-corrected chi connectivity index (χ4v) is 4.97. The summed E-state index contributed by atoms with van der Waals surface area (Å²) in [7, 11) is 0. The number of hydrogen-bond donors (Lipinski definition) is 0. The molecule has 0 unspecified atom stereocenters. The van der Waals surface area contributed by atoms with E-state index in [4.69, 9.17) is 0 Å². The summed E-state index contributed by atoms with van der Waals surface area (Å²) in [5.41, 5.74) is -1.57. The van der Waals surface area contributed by atoms with Crippen LogP contribution < -0.4 is 0 Å². The van der Waals surface area contributed by atoms with E-state index >= 15 is 0 Å². The summed E-state index contributed by atoms with van der Waals surface area (Å²) in [5.74, 6) is -4.74. The molecule has 0 aliphatic heterocycles. The normalized spacial score (nSPS) is 57.2. The number of hydrogen-bond acceptors (Lipinski definition) is 0. The predicted octanol–water partition coefficient (Wildman–Crippen LogP) is 4.25. The quantitative estimate of drug-likeness (QED) is 0.562. The molecular weight excluding hydrogens is 232 g/mol. The van der Waals surface area contributed by atoms with E-state index in [1.807, 2.05) is 0 Å². The summed E-state index contributed by atoms with van der Waals surface area (Å²) in [6.07, 6.45) is 2.91. The van der Waals surface area contributed by atoms with Gasteiger partial charge in [0.1, 0.15) is 0 Å². The topological polar surface area (TPSA) is 0 Å². The van der Waals surface area contributed by atoms with Gasteiger partial charge in [-0.25, -0.2) is 17.6 Å². The summed E-state index contributed by atoms with van der Waals surface area (Å²) in [5, 5.41) is 0. The van der Waals surface area contributed by atoms with Crippen molar-refractivity contribution in [3.8, 4) is 0 Å². The van der Waals surface area contributed by atoms with Crippen LogP contribution in [0.15, 0.2) is 0 Å². The zero-order valence-electron chi connectivity index (χ0n) is 9.62. The van der Waals surface area contributed by atoms with Crippen molar-refractivity contribution in [3.05, 3.63) is 0 Å². The second-order valence-corrected chi connectivity index (χ2v) is 7.11. The zero-order chi connectivity index (χ0) is 12.1. The Morgan fingerprint density at radius 1 is 0.647 bits per heavy atom. The molecule has 4 rings (SSSR count). The Morgan fingerprint density at radius 2 is 0.941 bits per heavy atom. The highest BCUT2D eigenvalue weighted by Crippen LogP contribution is 2.76. The van der Waals surface area contributed by atoms with Gasteiger partial charge in [-0.1, -0.05) is 0 Å². The van der Waals surface area contributed by atoms with Crippen LogP contribution in [0.2, 0.25) is 0 Å². The molecule has 0 aromatic rings. The Bertz CT molecular complexity index is 339. The first-order valence-corrected chi connectivity index (χ1v) is 6.53. The second kappa shape index (κ2) is 2.53. The maximum absolute atomic E-state index is 13.4. The molecule has 0 aromatic carbocycles. The third kappa shape index (κ3) is 1.20. The maximum atomic E-state index is 13.4. The molecule has 0 saturated heterocycles. The average molecular weight is 248 g/mol. The molecule has 0 N–H and O–H groups in total. The first-order chi connectivity index (χ1) is 7.78. The zero-order valence-corrected chi connectivity index (χ0v) is 9.62. The van der Waals surface area contributed by atoms with E-state index in [1.54, 1.807) is 0 Å². The van der Waals surface area contributed by atoms with E-state index in [0.29, 0.717) is 25.7 Å². The van der Waals surface area contributed by atoms with Crippen molar-refractivity contribution in [3.63, 3.8) is 0 Å². The van der Waals surface area contributed by atoms with E-state index in [0.717, 1.165) is 6.42 Å². The summed E-state index contributed by atoms with van der Waals surface area (Å²) in [6, 6.07) is 0. The second-order valence-electron chi connectivity index (χ2n) is 7.11. The molecule has 0 amide bonds. The standard InChI is InChI=1S/C13H16F4/c14-12(15)6-10(12)2-8-1-9(4-10)5-11(3-8)7-13(11,16)17/h8-9H,1-7H2. The minimum Gasteiger partial charge on any atom is -0.206 e.